The van der Waals surface area contributed by atoms with Crippen LogP contribution >= 0.6 is 15.9 Å². The molecule has 4 heteroatoms. The molecule has 0 aromatic heterocycles. The number of benzene rings is 1. The smallest absolute Gasteiger partial charge is 0.124 e. The van der Waals surface area contributed by atoms with Crippen molar-refractivity contribution in [3.8, 4) is 0 Å². The van der Waals surface area contributed by atoms with E-state index >= 15 is 0 Å². The summed E-state index contributed by atoms with van der Waals surface area (Å²) >= 11 is 3.27. The lowest BCUT2D eigenvalue weighted by molar-refractivity contribution is 0.497. The molecule has 0 heterocycles. The summed E-state index contributed by atoms with van der Waals surface area (Å²) in [5.41, 5.74) is 3.57. The summed E-state index contributed by atoms with van der Waals surface area (Å²) in [7, 11) is 0. The molecule has 0 spiro atoms. The number of hydrogen-bond donors (Lipinski definition) is 2. The molecule has 0 saturated carbocycles. The van der Waals surface area contributed by atoms with Gasteiger partial charge in [0.25, 0.3) is 0 Å². The van der Waals surface area contributed by atoms with Crippen LogP contribution in [0.3, 0.4) is 0 Å². The second-order valence-corrected chi connectivity index (χ2v) is 4.56. The molecule has 0 amide bonds. The molecular formula is C12H16BrFN2. The maximum Gasteiger partial charge on any atom is 0.124 e. The number of hydrazine groups is 1. The van der Waals surface area contributed by atoms with Gasteiger partial charge in [0.1, 0.15) is 5.82 Å². The fraction of sp³-hybridized carbons (Fsp3) is 0.333. The van der Waals surface area contributed by atoms with E-state index in [1.165, 1.54) is 12.1 Å². The van der Waals surface area contributed by atoms with Gasteiger partial charge in [-0.15, -0.1) is 6.58 Å². The minimum absolute atomic E-state index is 0.0213. The van der Waals surface area contributed by atoms with Crippen molar-refractivity contribution in [1.82, 2.24) is 5.43 Å². The fourth-order valence-corrected chi connectivity index (χ4v) is 2.07. The van der Waals surface area contributed by atoms with Crippen molar-refractivity contribution in [2.45, 2.75) is 25.3 Å². The maximum atomic E-state index is 13.2. The molecule has 1 aromatic rings. The van der Waals surface area contributed by atoms with Crippen LogP contribution in [-0.4, -0.2) is 0 Å². The van der Waals surface area contributed by atoms with E-state index in [1.807, 2.05) is 12.1 Å². The summed E-state index contributed by atoms with van der Waals surface area (Å²) in [6.45, 7) is 3.67. The third-order valence-corrected chi connectivity index (χ3v) is 2.85. The average molecular weight is 287 g/mol. The third kappa shape index (κ3) is 4.04. The Morgan fingerprint density at radius 2 is 2.25 bits per heavy atom. The number of allylic oxidation sites excluding steroid dienone is 1. The van der Waals surface area contributed by atoms with Crippen LogP contribution in [0.1, 0.15) is 30.9 Å². The Balaban J connectivity index is 2.73. The molecule has 1 unspecified atom stereocenters. The van der Waals surface area contributed by atoms with Crippen molar-refractivity contribution in [3.63, 3.8) is 0 Å². The molecule has 88 valence electrons. The molecule has 3 N–H and O–H groups in total. The van der Waals surface area contributed by atoms with Crippen LogP contribution in [0.25, 0.3) is 0 Å². The topological polar surface area (TPSA) is 38.0 Å². The van der Waals surface area contributed by atoms with Crippen molar-refractivity contribution < 1.29 is 4.39 Å². The molecule has 0 fully saturated rings. The van der Waals surface area contributed by atoms with Crippen LogP contribution < -0.4 is 11.3 Å². The van der Waals surface area contributed by atoms with Gasteiger partial charge in [0.15, 0.2) is 0 Å². The van der Waals surface area contributed by atoms with Gasteiger partial charge in [-0.2, -0.15) is 0 Å². The van der Waals surface area contributed by atoms with Gasteiger partial charge in [-0.1, -0.05) is 22.0 Å². The number of nitrogens with one attached hydrogen (secondary N) is 1. The molecule has 0 radical (unpaired) electrons. The summed E-state index contributed by atoms with van der Waals surface area (Å²) in [5, 5.41) is 0. The largest absolute Gasteiger partial charge is 0.271 e. The Hall–Kier alpha value is -0.710. The lowest BCUT2D eigenvalue weighted by Gasteiger charge is -2.16. The first kappa shape index (κ1) is 13.4. The van der Waals surface area contributed by atoms with Gasteiger partial charge in [-0.25, -0.2) is 4.39 Å². The molecule has 0 aliphatic heterocycles. The predicted octanol–water partition coefficient (Wildman–Crippen LogP) is 3.45. The number of nitrogens with two attached hydrogens (primary N) is 1. The van der Waals surface area contributed by atoms with Crippen molar-refractivity contribution in [2.24, 2.45) is 5.84 Å². The molecular weight excluding hydrogens is 271 g/mol. The average Bonchev–Trinajstić information content (AvgIpc) is 2.23. The first-order chi connectivity index (χ1) is 7.67. The van der Waals surface area contributed by atoms with Crippen LogP contribution in [0.4, 0.5) is 4.39 Å². The second kappa shape index (κ2) is 6.78. The summed E-state index contributed by atoms with van der Waals surface area (Å²) in [6.07, 6.45) is 4.65. The van der Waals surface area contributed by atoms with Gasteiger partial charge in [0, 0.05) is 10.5 Å². The molecule has 0 aliphatic rings. The van der Waals surface area contributed by atoms with Crippen molar-refractivity contribution in [1.29, 1.82) is 0 Å². The van der Waals surface area contributed by atoms with Gasteiger partial charge < -0.3 is 0 Å². The third-order valence-electron chi connectivity index (χ3n) is 2.39. The monoisotopic (exact) mass is 286 g/mol. The number of halogens is 2. The minimum Gasteiger partial charge on any atom is -0.271 e. The maximum absolute atomic E-state index is 13.2. The Labute approximate surface area is 104 Å². The Kier molecular flexibility index (Phi) is 5.66. The quantitative estimate of drug-likeness (QED) is 0.364. The second-order valence-electron chi connectivity index (χ2n) is 3.64. The van der Waals surface area contributed by atoms with E-state index in [0.717, 1.165) is 29.3 Å². The van der Waals surface area contributed by atoms with Gasteiger partial charge in [-0.3, -0.25) is 11.3 Å². The van der Waals surface area contributed by atoms with Gasteiger partial charge in [0.05, 0.1) is 0 Å². The van der Waals surface area contributed by atoms with Crippen molar-refractivity contribution in [3.05, 3.63) is 46.7 Å². The van der Waals surface area contributed by atoms with Crippen molar-refractivity contribution >= 4 is 15.9 Å². The van der Waals surface area contributed by atoms with Gasteiger partial charge in [-0.05, 0) is 43.0 Å². The van der Waals surface area contributed by atoms with E-state index in [2.05, 4.69) is 27.9 Å². The molecule has 0 aliphatic carbocycles. The Morgan fingerprint density at radius 1 is 1.50 bits per heavy atom. The molecule has 2 nitrogen and oxygen atoms in total. The number of unbranched alkanes of at least 4 members (excludes halogenated alkanes) is 1. The number of rotatable bonds is 6. The van der Waals surface area contributed by atoms with E-state index in [-0.39, 0.29) is 11.9 Å². The zero-order valence-electron chi connectivity index (χ0n) is 9.05. The van der Waals surface area contributed by atoms with Gasteiger partial charge in [0.2, 0.25) is 0 Å². The molecule has 1 aromatic carbocycles. The zero-order valence-corrected chi connectivity index (χ0v) is 10.6. The highest BCUT2D eigenvalue weighted by atomic mass is 79.9. The summed E-state index contributed by atoms with van der Waals surface area (Å²) in [5.74, 6) is 5.22. The Bertz CT molecular complexity index is 335. The first-order valence-electron chi connectivity index (χ1n) is 5.20. The lowest BCUT2D eigenvalue weighted by Crippen LogP contribution is -2.28. The van der Waals surface area contributed by atoms with Crippen LogP contribution in [0.15, 0.2) is 35.3 Å². The molecule has 0 bridgehead atoms. The van der Waals surface area contributed by atoms with Crippen LogP contribution in [0.5, 0.6) is 0 Å². The Morgan fingerprint density at radius 3 is 2.81 bits per heavy atom. The number of hydrogen-bond acceptors (Lipinski definition) is 2. The fourth-order valence-electron chi connectivity index (χ4n) is 1.59. The highest BCUT2D eigenvalue weighted by molar-refractivity contribution is 9.10. The zero-order chi connectivity index (χ0) is 12.0. The molecule has 0 saturated heterocycles. The highest BCUT2D eigenvalue weighted by Crippen LogP contribution is 2.23. The van der Waals surface area contributed by atoms with E-state index < -0.39 is 0 Å². The van der Waals surface area contributed by atoms with Crippen LogP contribution in [-0.2, 0) is 0 Å². The highest BCUT2D eigenvalue weighted by Gasteiger charge is 2.10. The van der Waals surface area contributed by atoms with E-state index in [0.29, 0.717) is 0 Å². The first-order valence-corrected chi connectivity index (χ1v) is 5.99. The standard InChI is InChI=1S/C12H16BrFN2/c1-2-3-4-5-12(16-15)9-6-10(13)8-11(14)7-9/h2,6-8,12,16H,1,3-5,15H2. The SMILES string of the molecule is C=CCCCC(NN)c1cc(F)cc(Br)c1. The lowest BCUT2D eigenvalue weighted by atomic mass is 10.0. The van der Waals surface area contributed by atoms with Crippen LogP contribution in [0.2, 0.25) is 0 Å². The molecule has 1 rings (SSSR count). The van der Waals surface area contributed by atoms with E-state index in [1.54, 1.807) is 0 Å². The minimum atomic E-state index is -0.256. The predicted molar refractivity (Wildman–Crippen MR) is 68.2 cm³/mol. The van der Waals surface area contributed by atoms with E-state index in [4.69, 9.17) is 5.84 Å². The van der Waals surface area contributed by atoms with Crippen LogP contribution in [0, 0.1) is 5.82 Å². The molecule has 1 atom stereocenters. The van der Waals surface area contributed by atoms with Gasteiger partial charge >= 0.3 is 0 Å². The summed E-state index contributed by atoms with van der Waals surface area (Å²) in [6, 6.07) is 4.79. The summed E-state index contributed by atoms with van der Waals surface area (Å²) < 4.78 is 13.9. The normalized spacial score (nSPS) is 12.4. The van der Waals surface area contributed by atoms with E-state index in [9.17, 15) is 4.39 Å². The molecule has 16 heavy (non-hydrogen) atoms. The van der Waals surface area contributed by atoms with Crippen molar-refractivity contribution in [2.75, 3.05) is 0 Å². The summed E-state index contributed by atoms with van der Waals surface area (Å²) in [4.78, 5) is 0.